The molecule has 2 aliphatic heterocycles. The molecule has 4 heteroatoms. The number of nitrogens with zero attached hydrogens (tertiary/aromatic N) is 2. The molecule has 2 saturated heterocycles. The summed E-state index contributed by atoms with van der Waals surface area (Å²) < 4.78 is 0. The zero-order valence-electron chi connectivity index (χ0n) is 8.55. The minimum Gasteiger partial charge on any atom is -0.343 e. The van der Waals surface area contributed by atoms with Gasteiger partial charge < -0.3 is 9.80 Å². The van der Waals surface area contributed by atoms with Gasteiger partial charge in [0.05, 0.1) is 0 Å². The molecule has 0 aliphatic carbocycles. The Morgan fingerprint density at radius 1 is 1.00 bits per heavy atom. The van der Waals surface area contributed by atoms with Crippen molar-refractivity contribution in [1.82, 2.24) is 9.80 Å². The lowest BCUT2D eigenvalue weighted by atomic mass is 10.1. The van der Waals surface area contributed by atoms with Gasteiger partial charge in [0, 0.05) is 26.1 Å². The smallest absolute Gasteiger partial charge is 0.199 e. The average molecular weight is 194 g/mol. The van der Waals surface area contributed by atoms with Crippen molar-refractivity contribution in [2.45, 2.75) is 32.1 Å². The fourth-order valence-electron chi connectivity index (χ4n) is 2.17. The molecule has 0 aromatic rings. The molecule has 0 aromatic heterocycles. The first-order valence-corrected chi connectivity index (χ1v) is 5.47. The van der Waals surface area contributed by atoms with Gasteiger partial charge in [-0.2, -0.15) is 0 Å². The number of hydrogen-bond donors (Lipinski definition) is 2. The van der Waals surface area contributed by atoms with Crippen LogP contribution < -0.4 is 0 Å². The van der Waals surface area contributed by atoms with E-state index in [1.807, 2.05) is 4.90 Å². The highest BCUT2D eigenvalue weighted by atomic mass is 15.4. The van der Waals surface area contributed by atoms with Crippen molar-refractivity contribution in [3.63, 3.8) is 0 Å². The maximum Gasteiger partial charge on any atom is 0.199 e. The van der Waals surface area contributed by atoms with E-state index < -0.39 is 0 Å². The molecule has 0 aromatic carbocycles. The molecular formula is C10H18N4. The van der Waals surface area contributed by atoms with Crippen LogP contribution >= 0.6 is 0 Å². The second-order valence-corrected chi connectivity index (χ2v) is 4.07. The fraction of sp³-hybridized carbons (Fsp3) is 0.800. The summed E-state index contributed by atoms with van der Waals surface area (Å²) in [5.41, 5.74) is 0. The van der Waals surface area contributed by atoms with Crippen molar-refractivity contribution in [3.05, 3.63) is 0 Å². The Labute approximate surface area is 84.9 Å². The molecule has 2 heterocycles. The Morgan fingerprint density at radius 2 is 1.64 bits per heavy atom. The van der Waals surface area contributed by atoms with Gasteiger partial charge in [-0.3, -0.25) is 10.8 Å². The van der Waals surface area contributed by atoms with Crippen molar-refractivity contribution in [2.75, 3.05) is 19.6 Å². The van der Waals surface area contributed by atoms with E-state index in [1.165, 1.54) is 12.8 Å². The normalized spacial score (nSPS) is 23.0. The third kappa shape index (κ3) is 1.74. The molecule has 0 radical (unpaired) electrons. The number of hydrogen-bond acceptors (Lipinski definition) is 2. The van der Waals surface area contributed by atoms with Gasteiger partial charge in [-0.1, -0.05) is 0 Å². The van der Waals surface area contributed by atoms with Crippen LogP contribution in [0.25, 0.3) is 0 Å². The summed E-state index contributed by atoms with van der Waals surface area (Å²) in [6, 6.07) is 0. The molecule has 0 amide bonds. The van der Waals surface area contributed by atoms with E-state index in [0.29, 0.717) is 11.8 Å². The number of guanidine groups is 1. The largest absolute Gasteiger partial charge is 0.343 e. The molecule has 4 nitrogen and oxygen atoms in total. The summed E-state index contributed by atoms with van der Waals surface area (Å²) in [6.07, 6.45) is 5.48. The Morgan fingerprint density at radius 3 is 2.29 bits per heavy atom. The molecule has 0 bridgehead atoms. The number of likely N-dealkylation sites (tertiary alicyclic amines) is 2. The molecule has 14 heavy (non-hydrogen) atoms. The van der Waals surface area contributed by atoms with Crippen molar-refractivity contribution in [1.29, 1.82) is 10.8 Å². The van der Waals surface area contributed by atoms with Crippen LogP contribution in [0.4, 0.5) is 0 Å². The predicted octanol–water partition coefficient (Wildman–Crippen LogP) is 1.48. The average Bonchev–Trinajstić information content (AvgIpc) is 2.70. The zero-order chi connectivity index (χ0) is 9.97. The highest BCUT2D eigenvalue weighted by molar-refractivity contribution is 5.97. The van der Waals surface area contributed by atoms with Crippen molar-refractivity contribution >= 4 is 11.8 Å². The maximum atomic E-state index is 8.02. The van der Waals surface area contributed by atoms with E-state index in [0.717, 1.165) is 38.9 Å². The van der Waals surface area contributed by atoms with E-state index in [-0.39, 0.29) is 0 Å². The van der Waals surface area contributed by atoms with Crippen LogP contribution in [-0.2, 0) is 0 Å². The lowest BCUT2D eigenvalue weighted by Gasteiger charge is -2.33. The minimum atomic E-state index is 0.562. The molecule has 2 rings (SSSR count). The fourth-order valence-corrected chi connectivity index (χ4v) is 2.17. The summed E-state index contributed by atoms with van der Waals surface area (Å²) >= 11 is 0. The van der Waals surface area contributed by atoms with Crippen LogP contribution in [0.15, 0.2) is 0 Å². The highest BCUT2D eigenvalue weighted by Gasteiger charge is 2.24. The third-order valence-electron chi connectivity index (χ3n) is 3.03. The summed E-state index contributed by atoms with van der Waals surface area (Å²) in [6.45, 7) is 2.87. The topological polar surface area (TPSA) is 54.2 Å². The zero-order valence-corrected chi connectivity index (χ0v) is 8.55. The van der Waals surface area contributed by atoms with Crippen LogP contribution in [-0.4, -0.2) is 41.2 Å². The molecule has 0 unspecified atom stereocenters. The van der Waals surface area contributed by atoms with Gasteiger partial charge in [-0.05, 0) is 25.7 Å². The molecule has 2 aliphatic rings. The third-order valence-corrected chi connectivity index (χ3v) is 3.03. The first-order valence-electron chi connectivity index (χ1n) is 5.47. The first kappa shape index (κ1) is 9.49. The Kier molecular flexibility index (Phi) is 2.70. The van der Waals surface area contributed by atoms with Crippen molar-refractivity contribution < 1.29 is 0 Å². The van der Waals surface area contributed by atoms with Gasteiger partial charge in [0.25, 0.3) is 0 Å². The number of amidine groups is 1. The lowest BCUT2D eigenvalue weighted by Crippen LogP contribution is -2.47. The second-order valence-electron chi connectivity index (χ2n) is 4.07. The van der Waals surface area contributed by atoms with E-state index >= 15 is 0 Å². The van der Waals surface area contributed by atoms with E-state index in [9.17, 15) is 0 Å². The van der Waals surface area contributed by atoms with E-state index in [2.05, 4.69) is 4.90 Å². The maximum absolute atomic E-state index is 8.02. The van der Waals surface area contributed by atoms with E-state index in [4.69, 9.17) is 10.8 Å². The molecule has 0 atom stereocenters. The number of piperidine rings is 1. The van der Waals surface area contributed by atoms with Crippen LogP contribution in [0.5, 0.6) is 0 Å². The quantitative estimate of drug-likeness (QED) is 0.453. The van der Waals surface area contributed by atoms with Gasteiger partial charge in [0.15, 0.2) is 5.96 Å². The Balaban J connectivity index is 1.98. The van der Waals surface area contributed by atoms with Gasteiger partial charge in [0.1, 0.15) is 5.84 Å². The summed E-state index contributed by atoms with van der Waals surface area (Å²) in [7, 11) is 0. The van der Waals surface area contributed by atoms with Crippen LogP contribution in [0.3, 0.4) is 0 Å². The molecule has 2 fully saturated rings. The lowest BCUT2D eigenvalue weighted by molar-refractivity contribution is 0.401. The van der Waals surface area contributed by atoms with Crippen molar-refractivity contribution in [3.8, 4) is 0 Å². The molecule has 0 saturated carbocycles. The Bertz CT molecular complexity index is 243. The molecular weight excluding hydrogens is 176 g/mol. The van der Waals surface area contributed by atoms with Gasteiger partial charge in [-0.15, -0.1) is 0 Å². The Hall–Kier alpha value is -1.06. The summed E-state index contributed by atoms with van der Waals surface area (Å²) in [5.74, 6) is 1.19. The highest BCUT2D eigenvalue weighted by Crippen LogP contribution is 2.15. The standard InChI is InChI=1S/C10H18N4/c11-9-5-1-2-8-14(9)10(12)13-6-3-4-7-13/h11-12H,1-8H2. The predicted molar refractivity (Wildman–Crippen MR) is 56.8 cm³/mol. The first-order chi connectivity index (χ1) is 6.79. The van der Waals surface area contributed by atoms with Gasteiger partial charge in [0.2, 0.25) is 0 Å². The summed E-state index contributed by atoms with van der Waals surface area (Å²) in [5, 5.41) is 15.8. The monoisotopic (exact) mass is 194 g/mol. The number of nitrogens with one attached hydrogen (secondary N) is 2. The van der Waals surface area contributed by atoms with Crippen LogP contribution in [0.1, 0.15) is 32.1 Å². The second kappa shape index (κ2) is 3.98. The summed E-state index contributed by atoms with van der Waals surface area (Å²) in [4.78, 5) is 3.97. The van der Waals surface area contributed by atoms with Gasteiger partial charge >= 0.3 is 0 Å². The molecule has 0 spiro atoms. The molecule has 78 valence electrons. The minimum absolute atomic E-state index is 0.562. The van der Waals surface area contributed by atoms with Crippen LogP contribution in [0.2, 0.25) is 0 Å². The SMILES string of the molecule is N=C1CCCCN1C(=N)N1CCCC1. The molecule has 2 N–H and O–H groups in total. The van der Waals surface area contributed by atoms with Crippen LogP contribution in [0, 0.1) is 10.8 Å². The van der Waals surface area contributed by atoms with Crippen molar-refractivity contribution in [2.24, 2.45) is 0 Å². The van der Waals surface area contributed by atoms with E-state index in [1.54, 1.807) is 0 Å². The van der Waals surface area contributed by atoms with Gasteiger partial charge in [-0.25, -0.2) is 0 Å². The number of rotatable bonds is 0.